The first kappa shape index (κ1) is 15.9. The fraction of sp³-hybridized carbons (Fsp3) is 0.400. The van der Waals surface area contributed by atoms with Crippen molar-refractivity contribution >= 4 is 17.6 Å². The van der Waals surface area contributed by atoms with Crippen molar-refractivity contribution in [3.8, 4) is 6.07 Å². The van der Waals surface area contributed by atoms with Gasteiger partial charge in [-0.2, -0.15) is 10.2 Å². The summed E-state index contributed by atoms with van der Waals surface area (Å²) in [4.78, 5) is 20.4. The van der Waals surface area contributed by atoms with Crippen LogP contribution in [0.1, 0.15) is 11.4 Å². The van der Waals surface area contributed by atoms with Crippen molar-refractivity contribution in [2.24, 2.45) is 0 Å². The van der Waals surface area contributed by atoms with Crippen molar-refractivity contribution in [3.05, 3.63) is 29.8 Å². The zero-order valence-electron chi connectivity index (χ0n) is 13.3. The average Bonchev–Trinajstić information content (AvgIpc) is 2.75. The van der Waals surface area contributed by atoms with Gasteiger partial charge in [-0.05, 0) is 6.92 Å². The molecule has 0 radical (unpaired) electrons. The molecule has 2 aromatic rings. The number of nitriles is 1. The maximum absolute atomic E-state index is 10.4. The van der Waals surface area contributed by atoms with Crippen LogP contribution in [-0.4, -0.2) is 57.3 Å². The van der Waals surface area contributed by atoms with Gasteiger partial charge in [-0.3, -0.25) is 0 Å². The minimum absolute atomic E-state index is 0.210. The van der Waals surface area contributed by atoms with Gasteiger partial charge in [-0.15, -0.1) is 0 Å². The molecule has 0 spiro atoms. The second kappa shape index (κ2) is 6.64. The topological polar surface area (TPSA) is 128 Å². The van der Waals surface area contributed by atoms with Crippen molar-refractivity contribution in [2.45, 2.75) is 13.0 Å². The molecule has 0 aliphatic carbocycles. The smallest absolute Gasteiger partial charge is 0.222 e. The Bertz CT molecular complexity index is 754. The molecule has 0 unspecified atom stereocenters. The minimum atomic E-state index is -0.627. The summed E-state index contributed by atoms with van der Waals surface area (Å²) >= 11 is 0. The largest absolute Gasteiger partial charge is 0.389 e. The lowest BCUT2D eigenvalue weighted by Crippen LogP contribution is -2.34. The third-order valence-corrected chi connectivity index (χ3v) is 3.77. The number of aromatic nitrogens is 4. The highest BCUT2D eigenvalue weighted by Crippen LogP contribution is 2.20. The van der Waals surface area contributed by atoms with E-state index in [2.05, 4.69) is 19.9 Å². The number of hydrogen-bond donors (Lipinski definition) is 2. The van der Waals surface area contributed by atoms with Gasteiger partial charge in [0.2, 0.25) is 5.95 Å². The van der Waals surface area contributed by atoms with Gasteiger partial charge in [0.25, 0.3) is 0 Å². The number of aliphatic hydroxyl groups excluding tert-OH is 1. The summed E-state index contributed by atoms with van der Waals surface area (Å²) in [6.45, 7) is 3.81. The highest BCUT2D eigenvalue weighted by Gasteiger charge is 2.25. The molecule has 1 atom stereocenters. The minimum Gasteiger partial charge on any atom is -0.389 e. The average molecular weight is 326 g/mol. The number of nitrogens with zero attached hydrogens (tertiary/aromatic N) is 7. The molecule has 1 fully saturated rings. The number of hydrogen-bond acceptors (Lipinski definition) is 9. The molecule has 0 bridgehead atoms. The molecule has 3 rings (SSSR count). The van der Waals surface area contributed by atoms with Crippen molar-refractivity contribution < 1.29 is 5.11 Å². The monoisotopic (exact) mass is 326 g/mol. The molecule has 9 heteroatoms. The van der Waals surface area contributed by atoms with Crippen LogP contribution in [0.5, 0.6) is 0 Å². The van der Waals surface area contributed by atoms with Crippen LogP contribution >= 0.6 is 0 Å². The van der Waals surface area contributed by atoms with Gasteiger partial charge in [-0.1, -0.05) is 0 Å². The first-order chi connectivity index (χ1) is 11.6. The molecule has 1 aliphatic heterocycles. The summed E-state index contributed by atoms with van der Waals surface area (Å²) in [6, 6.07) is 3.87. The summed E-state index contributed by atoms with van der Waals surface area (Å²) in [7, 11) is 0. The maximum atomic E-state index is 10.4. The van der Waals surface area contributed by atoms with Gasteiger partial charge >= 0.3 is 0 Å². The van der Waals surface area contributed by atoms with E-state index in [1.165, 1.54) is 6.20 Å². The van der Waals surface area contributed by atoms with Crippen LogP contribution in [0, 0.1) is 18.3 Å². The zero-order valence-corrected chi connectivity index (χ0v) is 13.3. The lowest BCUT2D eigenvalue weighted by molar-refractivity contribution is 0.190. The molecule has 1 saturated heterocycles. The second-order valence-electron chi connectivity index (χ2n) is 5.61. The van der Waals surface area contributed by atoms with Gasteiger partial charge in [0.1, 0.15) is 11.9 Å². The fourth-order valence-electron chi connectivity index (χ4n) is 2.77. The molecule has 0 saturated carbocycles. The van der Waals surface area contributed by atoms with E-state index < -0.39 is 6.10 Å². The number of aryl methyl sites for hydroxylation is 1. The molecular formula is C15H18N8O. The van der Waals surface area contributed by atoms with Gasteiger partial charge in [0.05, 0.1) is 6.10 Å². The molecule has 124 valence electrons. The Kier molecular flexibility index (Phi) is 4.39. The SMILES string of the molecule is Cc1cc(N2CCN(c3nccnc3C#N)C[C@@H](O)C2)nc(N)n1. The molecule has 0 aromatic carbocycles. The predicted molar refractivity (Wildman–Crippen MR) is 88.4 cm³/mol. The third kappa shape index (κ3) is 3.33. The molecule has 3 heterocycles. The number of anilines is 3. The highest BCUT2D eigenvalue weighted by atomic mass is 16.3. The zero-order chi connectivity index (χ0) is 17.1. The number of aliphatic hydroxyl groups is 1. The van der Waals surface area contributed by atoms with Crippen molar-refractivity contribution in [3.63, 3.8) is 0 Å². The van der Waals surface area contributed by atoms with E-state index >= 15 is 0 Å². The Morgan fingerprint density at radius 2 is 1.92 bits per heavy atom. The molecule has 0 amide bonds. The summed E-state index contributed by atoms with van der Waals surface area (Å²) in [5.74, 6) is 1.38. The number of nitrogens with two attached hydrogens (primary N) is 1. The van der Waals surface area contributed by atoms with Crippen LogP contribution in [0.3, 0.4) is 0 Å². The van der Waals surface area contributed by atoms with Crippen LogP contribution in [-0.2, 0) is 0 Å². The van der Waals surface area contributed by atoms with Gasteiger partial charge in [0, 0.05) is 50.3 Å². The quantitative estimate of drug-likeness (QED) is 0.765. The summed E-state index contributed by atoms with van der Waals surface area (Å²) in [5.41, 5.74) is 6.74. The first-order valence-electron chi connectivity index (χ1n) is 7.57. The summed E-state index contributed by atoms with van der Waals surface area (Å²) in [5, 5.41) is 19.6. The fourth-order valence-corrected chi connectivity index (χ4v) is 2.77. The van der Waals surface area contributed by atoms with Crippen molar-refractivity contribution in [1.82, 2.24) is 19.9 Å². The molecule has 3 N–H and O–H groups in total. The van der Waals surface area contributed by atoms with E-state index in [0.29, 0.717) is 37.8 Å². The Hall–Kier alpha value is -2.99. The predicted octanol–water partition coefficient (Wildman–Crippen LogP) is -0.284. The Labute approximate surface area is 139 Å². The molecular weight excluding hydrogens is 308 g/mol. The van der Waals surface area contributed by atoms with Gasteiger partial charge in [-0.25, -0.2) is 15.0 Å². The Balaban J connectivity index is 1.84. The van der Waals surface area contributed by atoms with Crippen LogP contribution in [0.2, 0.25) is 0 Å². The van der Waals surface area contributed by atoms with E-state index in [4.69, 9.17) is 5.73 Å². The number of nitrogen functional groups attached to an aromatic ring is 1. The number of rotatable bonds is 2. The number of β-amino-alcohol motifs (C(OH)–C–C–N with tert-alkyl or cyclic N) is 1. The summed E-state index contributed by atoms with van der Waals surface area (Å²) in [6.07, 6.45) is 2.40. The second-order valence-corrected chi connectivity index (χ2v) is 5.61. The lowest BCUT2D eigenvalue weighted by atomic mass is 10.3. The Morgan fingerprint density at radius 1 is 1.21 bits per heavy atom. The van der Waals surface area contributed by atoms with Gasteiger partial charge in [0.15, 0.2) is 11.5 Å². The van der Waals surface area contributed by atoms with E-state index in [-0.39, 0.29) is 11.6 Å². The normalized spacial score (nSPS) is 18.1. The van der Waals surface area contributed by atoms with Gasteiger partial charge < -0.3 is 20.6 Å². The van der Waals surface area contributed by atoms with E-state index in [1.54, 1.807) is 6.20 Å². The van der Waals surface area contributed by atoms with Crippen LogP contribution in [0.25, 0.3) is 0 Å². The third-order valence-electron chi connectivity index (χ3n) is 3.77. The van der Waals surface area contributed by atoms with Crippen molar-refractivity contribution in [2.75, 3.05) is 41.7 Å². The summed E-state index contributed by atoms with van der Waals surface area (Å²) < 4.78 is 0. The molecule has 9 nitrogen and oxygen atoms in total. The Morgan fingerprint density at radius 3 is 2.67 bits per heavy atom. The maximum Gasteiger partial charge on any atom is 0.222 e. The van der Waals surface area contributed by atoms with Crippen LogP contribution in [0.15, 0.2) is 18.5 Å². The highest BCUT2D eigenvalue weighted by molar-refractivity contribution is 5.51. The molecule has 2 aromatic heterocycles. The standard InChI is InChI=1S/C15H18N8O/c1-10-6-13(21-15(17)20-10)22-4-5-23(9-11(24)8-22)14-12(7-16)18-2-3-19-14/h2-3,6,11,24H,4-5,8-9H2,1H3,(H2,17,20,21)/t11-/m0/s1. The first-order valence-corrected chi connectivity index (χ1v) is 7.57. The van der Waals surface area contributed by atoms with Crippen LogP contribution in [0.4, 0.5) is 17.6 Å². The van der Waals surface area contributed by atoms with E-state index in [1.807, 2.05) is 28.9 Å². The van der Waals surface area contributed by atoms with E-state index in [0.717, 1.165) is 5.69 Å². The van der Waals surface area contributed by atoms with Crippen LogP contribution < -0.4 is 15.5 Å². The molecule has 1 aliphatic rings. The van der Waals surface area contributed by atoms with Crippen molar-refractivity contribution in [1.29, 1.82) is 5.26 Å². The lowest BCUT2D eigenvalue weighted by Gasteiger charge is -2.23. The van der Waals surface area contributed by atoms with E-state index in [9.17, 15) is 10.4 Å². The molecule has 24 heavy (non-hydrogen) atoms.